The summed E-state index contributed by atoms with van der Waals surface area (Å²) >= 11 is 12.1. The minimum Gasteiger partial charge on any atom is -0.354 e. The largest absolute Gasteiger partial charge is 0.354 e. The average Bonchev–Trinajstić information content (AvgIpc) is 2.76. The summed E-state index contributed by atoms with van der Waals surface area (Å²) < 4.78 is 0. The number of hydrogen-bond donors (Lipinski definition) is 1. The Kier molecular flexibility index (Phi) is 3.28. The quantitative estimate of drug-likeness (QED) is 0.643. The van der Waals surface area contributed by atoms with Crippen LogP contribution in [-0.4, -0.2) is 11.3 Å². The molecule has 20 heavy (non-hydrogen) atoms. The number of carbonyl (C=O) groups is 1. The van der Waals surface area contributed by atoms with Gasteiger partial charge in [-0.3, -0.25) is 4.79 Å². The molecule has 0 saturated heterocycles. The van der Waals surface area contributed by atoms with E-state index in [0.717, 1.165) is 34.0 Å². The summed E-state index contributed by atoms with van der Waals surface area (Å²) in [5.74, 6) is 0. The van der Waals surface area contributed by atoms with E-state index in [1.54, 1.807) is 12.1 Å². The summed E-state index contributed by atoms with van der Waals surface area (Å²) in [5.41, 5.74) is 4.13. The number of aldehydes is 1. The Balaban J connectivity index is 2.33. The number of rotatable bonds is 2. The molecule has 2 aromatic carbocycles. The molecule has 2 nitrogen and oxygen atoms in total. The second kappa shape index (κ2) is 4.97. The van der Waals surface area contributed by atoms with Crippen LogP contribution >= 0.6 is 23.2 Å². The minimum absolute atomic E-state index is 0.517. The van der Waals surface area contributed by atoms with E-state index in [4.69, 9.17) is 23.2 Å². The van der Waals surface area contributed by atoms with Crippen LogP contribution < -0.4 is 0 Å². The van der Waals surface area contributed by atoms with Crippen molar-refractivity contribution in [2.75, 3.05) is 0 Å². The van der Waals surface area contributed by atoms with Gasteiger partial charge in [0.15, 0.2) is 6.29 Å². The molecule has 0 unspecified atom stereocenters. The first-order valence-electron chi connectivity index (χ1n) is 6.13. The molecule has 0 atom stereocenters. The highest BCUT2D eigenvalue weighted by Crippen LogP contribution is 2.35. The van der Waals surface area contributed by atoms with Gasteiger partial charge in [-0.25, -0.2) is 0 Å². The van der Waals surface area contributed by atoms with E-state index in [0.29, 0.717) is 15.6 Å². The highest BCUT2D eigenvalue weighted by molar-refractivity contribution is 6.36. The molecule has 0 aliphatic carbocycles. The van der Waals surface area contributed by atoms with Gasteiger partial charge in [-0.1, -0.05) is 34.8 Å². The molecule has 0 fully saturated rings. The molecule has 0 radical (unpaired) electrons. The summed E-state index contributed by atoms with van der Waals surface area (Å²) in [6.45, 7) is 2.00. The van der Waals surface area contributed by atoms with Crippen molar-refractivity contribution in [1.82, 2.24) is 4.98 Å². The molecular weight excluding hydrogens is 293 g/mol. The molecule has 0 amide bonds. The maximum atomic E-state index is 11.5. The van der Waals surface area contributed by atoms with E-state index < -0.39 is 0 Å². The van der Waals surface area contributed by atoms with Crippen molar-refractivity contribution in [3.8, 4) is 11.3 Å². The van der Waals surface area contributed by atoms with E-state index in [1.165, 1.54) is 0 Å². The van der Waals surface area contributed by atoms with Crippen LogP contribution in [0.15, 0.2) is 36.4 Å². The summed E-state index contributed by atoms with van der Waals surface area (Å²) in [5, 5.41) is 1.99. The van der Waals surface area contributed by atoms with E-state index >= 15 is 0 Å². The van der Waals surface area contributed by atoms with E-state index in [1.807, 2.05) is 31.2 Å². The van der Waals surface area contributed by atoms with Gasteiger partial charge in [0.05, 0.1) is 10.7 Å². The van der Waals surface area contributed by atoms with Crippen LogP contribution in [0.5, 0.6) is 0 Å². The molecule has 0 aliphatic heterocycles. The van der Waals surface area contributed by atoms with Crippen LogP contribution in [0.25, 0.3) is 22.2 Å². The zero-order valence-electron chi connectivity index (χ0n) is 10.7. The fourth-order valence-electron chi connectivity index (χ4n) is 2.35. The lowest BCUT2D eigenvalue weighted by Gasteiger charge is -2.03. The number of fused-ring (bicyclic) bond motifs is 1. The highest BCUT2D eigenvalue weighted by atomic mass is 35.5. The predicted octanol–water partition coefficient (Wildman–Crippen LogP) is 5.26. The standard InChI is InChI=1S/C16H11Cl2NO/c1-9-2-5-15-12(6-9)13(8-20)16(19-15)11-4-3-10(17)7-14(11)18/h2-8,19H,1H3. The maximum Gasteiger partial charge on any atom is 0.152 e. The van der Waals surface area contributed by atoms with E-state index in [-0.39, 0.29) is 0 Å². The fourth-order valence-corrected chi connectivity index (χ4v) is 2.86. The lowest BCUT2D eigenvalue weighted by Crippen LogP contribution is -1.86. The van der Waals surface area contributed by atoms with E-state index in [9.17, 15) is 4.79 Å². The van der Waals surface area contributed by atoms with Crippen molar-refractivity contribution in [3.63, 3.8) is 0 Å². The first kappa shape index (κ1) is 13.2. The first-order valence-corrected chi connectivity index (χ1v) is 6.88. The van der Waals surface area contributed by atoms with Gasteiger partial charge in [0.25, 0.3) is 0 Å². The van der Waals surface area contributed by atoms with E-state index in [2.05, 4.69) is 4.98 Å². The lowest BCUT2D eigenvalue weighted by molar-refractivity contribution is 0.112. The SMILES string of the molecule is Cc1ccc2[nH]c(-c3ccc(Cl)cc3Cl)c(C=O)c2c1. The Morgan fingerprint density at radius 1 is 1.10 bits per heavy atom. The van der Waals surface area contributed by atoms with Crippen LogP contribution in [0.3, 0.4) is 0 Å². The molecule has 3 aromatic rings. The van der Waals surface area contributed by atoms with Gasteiger partial charge in [-0.05, 0) is 37.3 Å². The third-order valence-corrected chi connectivity index (χ3v) is 3.86. The number of halogens is 2. The van der Waals surface area contributed by atoms with Gasteiger partial charge < -0.3 is 4.98 Å². The Morgan fingerprint density at radius 3 is 2.60 bits per heavy atom. The monoisotopic (exact) mass is 303 g/mol. The highest BCUT2D eigenvalue weighted by Gasteiger charge is 2.15. The number of benzene rings is 2. The van der Waals surface area contributed by atoms with Gasteiger partial charge in [-0.2, -0.15) is 0 Å². The van der Waals surface area contributed by atoms with Crippen molar-refractivity contribution < 1.29 is 4.79 Å². The molecule has 4 heteroatoms. The number of H-pyrrole nitrogens is 1. The molecule has 100 valence electrons. The Bertz CT molecular complexity index is 821. The van der Waals surface area contributed by atoms with Crippen LogP contribution in [0.1, 0.15) is 15.9 Å². The Morgan fingerprint density at radius 2 is 1.90 bits per heavy atom. The summed E-state index contributed by atoms with van der Waals surface area (Å²) in [6, 6.07) is 11.2. The van der Waals surface area contributed by atoms with Crippen molar-refractivity contribution in [1.29, 1.82) is 0 Å². The molecule has 0 bridgehead atoms. The molecule has 0 spiro atoms. The second-order valence-corrected chi connectivity index (χ2v) is 5.55. The topological polar surface area (TPSA) is 32.9 Å². The van der Waals surface area contributed by atoms with Crippen molar-refractivity contribution in [3.05, 3.63) is 57.6 Å². The summed E-state index contributed by atoms with van der Waals surface area (Å²) in [6.07, 6.45) is 0.860. The van der Waals surface area contributed by atoms with Gasteiger partial charge in [-0.15, -0.1) is 0 Å². The molecule has 0 aliphatic rings. The third kappa shape index (κ3) is 2.11. The normalized spacial score (nSPS) is 10.9. The van der Waals surface area contributed by atoms with Crippen LogP contribution in [0, 0.1) is 6.92 Å². The lowest BCUT2D eigenvalue weighted by atomic mass is 10.1. The molecule has 3 rings (SSSR count). The zero-order valence-corrected chi connectivity index (χ0v) is 12.2. The van der Waals surface area contributed by atoms with Crippen LogP contribution in [-0.2, 0) is 0 Å². The van der Waals surface area contributed by atoms with Crippen LogP contribution in [0.2, 0.25) is 10.0 Å². The average molecular weight is 304 g/mol. The Labute approximate surface area is 126 Å². The number of nitrogens with one attached hydrogen (secondary N) is 1. The van der Waals surface area contributed by atoms with Crippen molar-refractivity contribution in [2.24, 2.45) is 0 Å². The number of aryl methyl sites for hydroxylation is 1. The molecular formula is C16H11Cl2NO. The number of carbonyl (C=O) groups excluding carboxylic acids is 1. The number of aromatic nitrogens is 1. The molecule has 1 aromatic heterocycles. The van der Waals surface area contributed by atoms with Gasteiger partial charge in [0, 0.05) is 27.1 Å². The van der Waals surface area contributed by atoms with Gasteiger partial charge >= 0.3 is 0 Å². The smallest absolute Gasteiger partial charge is 0.152 e. The molecule has 1 heterocycles. The minimum atomic E-state index is 0.517. The van der Waals surface area contributed by atoms with Crippen LogP contribution in [0.4, 0.5) is 0 Å². The van der Waals surface area contributed by atoms with Gasteiger partial charge in [0.1, 0.15) is 0 Å². The Hall–Kier alpha value is -1.77. The van der Waals surface area contributed by atoms with Crippen molar-refractivity contribution >= 4 is 40.4 Å². The van der Waals surface area contributed by atoms with Gasteiger partial charge in [0.2, 0.25) is 0 Å². The number of hydrogen-bond acceptors (Lipinski definition) is 1. The third-order valence-electron chi connectivity index (χ3n) is 3.31. The molecule has 0 saturated carbocycles. The summed E-state index contributed by atoms with van der Waals surface area (Å²) in [7, 11) is 0. The maximum absolute atomic E-state index is 11.5. The predicted molar refractivity (Wildman–Crippen MR) is 83.9 cm³/mol. The zero-order chi connectivity index (χ0) is 14.3. The molecule has 1 N–H and O–H groups in total. The first-order chi connectivity index (χ1) is 9.60. The summed E-state index contributed by atoms with van der Waals surface area (Å²) in [4.78, 5) is 14.7. The van der Waals surface area contributed by atoms with Crippen molar-refractivity contribution in [2.45, 2.75) is 6.92 Å². The second-order valence-electron chi connectivity index (χ2n) is 4.70. The fraction of sp³-hybridized carbons (Fsp3) is 0.0625. The number of aromatic amines is 1.